The van der Waals surface area contributed by atoms with Crippen LogP contribution in [-0.4, -0.2) is 11.2 Å². The fraction of sp³-hybridized carbons (Fsp3) is 0.765. The van der Waals surface area contributed by atoms with Crippen LogP contribution >= 0.6 is 0 Å². The van der Waals surface area contributed by atoms with Crippen LogP contribution in [-0.2, 0) is 0 Å². The third-order valence-electron chi connectivity index (χ3n) is 3.88. The van der Waals surface area contributed by atoms with Crippen molar-refractivity contribution < 1.29 is 5.11 Å². The van der Waals surface area contributed by atoms with Crippen LogP contribution in [0.4, 0.5) is 0 Å². The van der Waals surface area contributed by atoms with Gasteiger partial charge in [0, 0.05) is 0 Å². The van der Waals surface area contributed by atoms with Crippen molar-refractivity contribution in [2.75, 3.05) is 0 Å². The van der Waals surface area contributed by atoms with Gasteiger partial charge in [0.15, 0.2) is 0 Å². The zero-order chi connectivity index (χ0) is 13.2. The molecule has 0 saturated heterocycles. The average molecular weight is 250 g/mol. The fourth-order valence-electron chi connectivity index (χ4n) is 2.37. The lowest BCUT2D eigenvalue weighted by Gasteiger charge is -1.99. The first kappa shape index (κ1) is 15.5. The predicted molar refractivity (Wildman–Crippen MR) is 79.6 cm³/mol. The van der Waals surface area contributed by atoms with Crippen LogP contribution in [0.1, 0.15) is 65.2 Å². The van der Waals surface area contributed by atoms with Crippen LogP contribution in [0, 0.1) is 11.8 Å². The van der Waals surface area contributed by atoms with E-state index in [1.807, 2.05) is 13.0 Å². The molecule has 1 aliphatic rings. The molecule has 0 aliphatic heterocycles. The van der Waals surface area contributed by atoms with Crippen LogP contribution in [0.5, 0.6) is 0 Å². The fourth-order valence-corrected chi connectivity index (χ4v) is 2.37. The Labute approximate surface area is 113 Å². The normalized spacial score (nSPS) is 25.1. The molecule has 3 atom stereocenters. The van der Waals surface area contributed by atoms with Crippen LogP contribution in [0.3, 0.4) is 0 Å². The lowest BCUT2D eigenvalue weighted by molar-refractivity contribution is 0.218. The van der Waals surface area contributed by atoms with Crippen molar-refractivity contribution in [1.82, 2.24) is 0 Å². The minimum absolute atomic E-state index is 0.233. The summed E-state index contributed by atoms with van der Waals surface area (Å²) in [5.74, 6) is 1.85. The van der Waals surface area contributed by atoms with E-state index in [4.69, 9.17) is 0 Å². The average Bonchev–Trinajstić information content (AvgIpc) is 3.12. The molecule has 1 N–H and O–H groups in total. The van der Waals surface area contributed by atoms with E-state index in [0.29, 0.717) is 0 Å². The molecule has 1 fully saturated rings. The summed E-state index contributed by atoms with van der Waals surface area (Å²) in [5, 5.41) is 9.41. The Kier molecular flexibility index (Phi) is 8.08. The van der Waals surface area contributed by atoms with Gasteiger partial charge in [0.2, 0.25) is 0 Å². The van der Waals surface area contributed by atoms with Crippen molar-refractivity contribution in [1.29, 1.82) is 0 Å². The standard InChI is InChI=1S/C17H30O/c1-3-5-6-7-8-9-11-15-14-16(15)12-10-13-17(18)4-2/h7-8,10,13,15-18H,3-6,9,11-12,14H2,1-2H3/b8-7-,13-10+/t15-,16+,17+/m1/s1. The number of aliphatic hydroxyl groups excluding tert-OH is 1. The molecule has 0 radical (unpaired) electrons. The minimum atomic E-state index is -0.233. The minimum Gasteiger partial charge on any atom is -0.389 e. The molecule has 0 spiro atoms. The Morgan fingerprint density at radius 3 is 2.61 bits per heavy atom. The van der Waals surface area contributed by atoms with Gasteiger partial charge in [0.05, 0.1) is 6.10 Å². The summed E-state index contributed by atoms with van der Waals surface area (Å²) in [6.07, 6.45) is 18.5. The van der Waals surface area contributed by atoms with Gasteiger partial charge in [0.25, 0.3) is 0 Å². The molecule has 1 nitrogen and oxygen atoms in total. The van der Waals surface area contributed by atoms with Crippen molar-refractivity contribution in [2.24, 2.45) is 11.8 Å². The maximum atomic E-state index is 9.41. The van der Waals surface area contributed by atoms with E-state index in [1.54, 1.807) is 0 Å². The van der Waals surface area contributed by atoms with Crippen molar-refractivity contribution in [2.45, 2.75) is 71.3 Å². The first-order valence-corrected chi connectivity index (χ1v) is 7.77. The molecule has 104 valence electrons. The van der Waals surface area contributed by atoms with Gasteiger partial charge in [-0.2, -0.15) is 0 Å². The number of unbranched alkanes of at least 4 members (excludes halogenated alkanes) is 2. The molecule has 0 aromatic heterocycles. The van der Waals surface area contributed by atoms with E-state index in [-0.39, 0.29) is 6.10 Å². The zero-order valence-corrected chi connectivity index (χ0v) is 12.1. The molecule has 0 unspecified atom stereocenters. The van der Waals surface area contributed by atoms with Gasteiger partial charge in [-0.25, -0.2) is 0 Å². The molecule has 0 aromatic carbocycles. The van der Waals surface area contributed by atoms with Gasteiger partial charge in [0.1, 0.15) is 0 Å². The van der Waals surface area contributed by atoms with E-state index in [9.17, 15) is 5.11 Å². The largest absolute Gasteiger partial charge is 0.389 e. The number of hydrogen-bond acceptors (Lipinski definition) is 1. The Morgan fingerprint density at radius 1 is 1.11 bits per heavy atom. The lowest BCUT2D eigenvalue weighted by atomic mass is 10.1. The van der Waals surface area contributed by atoms with Crippen molar-refractivity contribution in [3.63, 3.8) is 0 Å². The molecule has 18 heavy (non-hydrogen) atoms. The molecule has 0 bridgehead atoms. The van der Waals surface area contributed by atoms with Crippen LogP contribution < -0.4 is 0 Å². The summed E-state index contributed by atoms with van der Waals surface area (Å²) in [5.41, 5.74) is 0. The number of aliphatic hydroxyl groups is 1. The summed E-state index contributed by atoms with van der Waals surface area (Å²) in [6.45, 7) is 4.26. The molecule has 1 rings (SSSR count). The predicted octanol–water partition coefficient (Wildman–Crippen LogP) is 4.87. The highest BCUT2D eigenvalue weighted by Gasteiger charge is 2.34. The molecule has 0 amide bonds. The molecule has 0 aromatic rings. The summed E-state index contributed by atoms with van der Waals surface area (Å²) >= 11 is 0. The van der Waals surface area contributed by atoms with Gasteiger partial charge in [-0.15, -0.1) is 0 Å². The first-order chi connectivity index (χ1) is 8.77. The van der Waals surface area contributed by atoms with E-state index < -0.39 is 0 Å². The third-order valence-corrected chi connectivity index (χ3v) is 3.88. The lowest BCUT2D eigenvalue weighted by Crippen LogP contribution is -1.97. The van der Waals surface area contributed by atoms with Gasteiger partial charge in [-0.05, 0) is 50.4 Å². The van der Waals surface area contributed by atoms with E-state index in [2.05, 4.69) is 25.2 Å². The van der Waals surface area contributed by atoms with Crippen molar-refractivity contribution in [3.8, 4) is 0 Å². The molecule has 1 aliphatic carbocycles. The summed E-state index contributed by atoms with van der Waals surface area (Å²) in [6, 6.07) is 0. The Bertz CT molecular complexity index is 254. The van der Waals surface area contributed by atoms with Crippen LogP contribution in [0.25, 0.3) is 0 Å². The second-order valence-electron chi connectivity index (χ2n) is 5.59. The highest BCUT2D eigenvalue weighted by atomic mass is 16.3. The monoisotopic (exact) mass is 250 g/mol. The molecular weight excluding hydrogens is 220 g/mol. The van der Waals surface area contributed by atoms with Crippen molar-refractivity contribution >= 4 is 0 Å². The Morgan fingerprint density at radius 2 is 1.89 bits per heavy atom. The van der Waals surface area contributed by atoms with Gasteiger partial charge in [-0.1, -0.05) is 51.0 Å². The smallest absolute Gasteiger partial charge is 0.0718 e. The topological polar surface area (TPSA) is 20.2 Å². The first-order valence-electron chi connectivity index (χ1n) is 7.77. The van der Waals surface area contributed by atoms with Crippen molar-refractivity contribution in [3.05, 3.63) is 24.3 Å². The molecule has 0 heterocycles. The summed E-state index contributed by atoms with van der Waals surface area (Å²) in [4.78, 5) is 0. The SMILES string of the molecule is CCCC/C=C\CC[C@@H]1C[C@@H]1C/C=C/[C@@H](O)CC. The van der Waals surface area contributed by atoms with E-state index in [0.717, 1.165) is 18.3 Å². The quantitative estimate of drug-likeness (QED) is 0.433. The van der Waals surface area contributed by atoms with Gasteiger partial charge >= 0.3 is 0 Å². The highest BCUT2D eigenvalue weighted by Crippen LogP contribution is 2.44. The molecule has 1 saturated carbocycles. The Hall–Kier alpha value is -0.560. The molecule has 1 heteroatoms. The van der Waals surface area contributed by atoms with Gasteiger partial charge in [-0.3, -0.25) is 0 Å². The second-order valence-corrected chi connectivity index (χ2v) is 5.59. The van der Waals surface area contributed by atoms with Gasteiger partial charge < -0.3 is 5.11 Å². The zero-order valence-electron chi connectivity index (χ0n) is 12.1. The molecular formula is C17H30O. The Balaban J connectivity index is 1.97. The maximum absolute atomic E-state index is 9.41. The van der Waals surface area contributed by atoms with Crippen LogP contribution in [0.2, 0.25) is 0 Å². The number of hydrogen-bond donors (Lipinski definition) is 1. The second kappa shape index (κ2) is 9.38. The number of rotatable bonds is 10. The van der Waals surface area contributed by atoms with E-state index >= 15 is 0 Å². The highest BCUT2D eigenvalue weighted by molar-refractivity contribution is 4.97. The maximum Gasteiger partial charge on any atom is 0.0718 e. The number of allylic oxidation sites excluding steroid dienone is 3. The van der Waals surface area contributed by atoms with E-state index in [1.165, 1.54) is 44.9 Å². The summed E-state index contributed by atoms with van der Waals surface area (Å²) in [7, 11) is 0. The van der Waals surface area contributed by atoms with Crippen LogP contribution in [0.15, 0.2) is 24.3 Å². The third kappa shape index (κ3) is 7.00. The summed E-state index contributed by atoms with van der Waals surface area (Å²) < 4.78 is 0.